The number of nitrogens with one attached hydrogen (secondary N) is 4. The number of aryl methyl sites for hydroxylation is 2. The van der Waals surface area contributed by atoms with Gasteiger partial charge in [-0.2, -0.15) is 0 Å². The fraction of sp³-hybridized carbons (Fsp3) is 0.455. The van der Waals surface area contributed by atoms with Gasteiger partial charge in [0.1, 0.15) is 23.7 Å². The molecule has 2 fully saturated rings. The predicted octanol–water partition coefficient (Wildman–Crippen LogP) is 7.48. The van der Waals surface area contributed by atoms with Crippen LogP contribution >= 0.6 is 0 Å². The van der Waals surface area contributed by atoms with Crippen molar-refractivity contribution in [1.29, 1.82) is 0 Å². The van der Waals surface area contributed by atoms with Crippen LogP contribution in [0.3, 0.4) is 0 Å². The lowest BCUT2D eigenvalue weighted by atomic mass is 9.91. The number of benzene rings is 3. The molecule has 0 saturated carbocycles. The molecule has 3 aromatic carbocycles. The third-order valence-electron chi connectivity index (χ3n) is 11.7. The molecule has 0 bridgehead atoms. The van der Waals surface area contributed by atoms with E-state index in [1.165, 1.54) is 14.2 Å². The Labute approximate surface area is 338 Å². The Kier molecular flexibility index (Phi) is 11.5. The maximum atomic E-state index is 13.7. The van der Waals surface area contributed by atoms with Crippen LogP contribution in [0.15, 0.2) is 48.5 Å². The first-order valence-electron chi connectivity index (χ1n) is 20.2. The summed E-state index contributed by atoms with van der Waals surface area (Å²) in [5.41, 5.74) is 9.97. The Balaban J connectivity index is 1.11. The molecule has 2 aliphatic rings. The number of aromatic nitrogens is 4. The topological polar surface area (TPSA) is 175 Å². The average Bonchev–Trinajstić information content (AvgIpc) is 4.03. The lowest BCUT2D eigenvalue weighted by Crippen LogP contribution is -2.51. The summed E-state index contributed by atoms with van der Waals surface area (Å²) in [4.78, 5) is 72.0. The Bertz CT molecular complexity index is 2200. The number of amides is 4. The first kappa shape index (κ1) is 40.3. The van der Waals surface area contributed by atoms with E-state index in [1.807, 2.05) is 49.6 Å². The molecule has 2 aromatic heterocycles. The molecule has 7 rings (SSSR count). The number of rotatable bonds is 10. The Morgan fingerprint density at radius 3 is 1.41 bits per heavy atom. The summed E-state index contributed by atoms with van der Waals surface area (Å²) in [6, 6.07) is 15.1. The van der Waals surface area contributed by atoms with Gasteiger partial charge in [-0.3, -0.25) is 9.59 Å². The molecule has 4 amide bonds. The first-order chi connectivity index (χ1) is 27.8. The molecular formula is C44H54N8O6. The predicted molar refractivity (Wildman–Crippen MR) is 222 cm³/mol. The van der Waals surface area contributed by atoms with Gasteiger partial charge in [-0.05, 0) is 109 Å². The van der Waals surface area contributed by atoms with E-state index in [2.05, 4.69) is 70.8 Å². The number of ether oxygens (including phenoxy) is 2. The van der Waals surface area contributed by atoms with E-state index in [0.717, 1.165) is 92.8 Å². The molecule has 14 nitrogen and oxygen atoms in total. The van der Waals surface area contributed by atoms with Crippen LogP contribution in [0.4, 0.5) is 9.59 Å². The number of imidazole rings is 2. The number of carbonyl (C=O) groups excluding carboxylic acids is 4. The van der Waals surface area contributed by atoms with Crippen LogP contribution in [-0.2, 0) is 19.1 Å². The van der Waals surface area contributed by atoms with Crippen LogP contribution in [-0.4, -0.2) is 93.1 Å². The molecule has 0 unspecified atom stereocenters. The SMILES string of the molecule is COC(=O)N[C@H](C(=O)N1CCC[C@H]1c1nc2cc(-c3cc(C)c(-c4ccc5[nH]c([C@@H]6CCCN6C(=O)[C@@H](NC(=O)OC)C(C)C)nc5c4)cc3C)ccc2[nH]1)C(C)C. The number of hydrogen-bond acceptors (Lipinski definition) is 8. The summed E-state index contributed by atoms with van der Waals surface area (Å²) < 4.78 is 9.57. The van der Waals surface area contributed by atoms with Gasteiger partial charge >= 0.3 is 12.2 Å². The maximum absolute atomic E-state index is 13.7. The third-order valence-corrected chi connectivity index (χ3v) is 11.7. The quantitative estimate of drug-likeness (QED) is 0.113. The minimum absolute atomic E-state index is 0.111. The minimum Gasteiger partial charge on any atom is -0.453 e. The first-order valence-corrected chi connectivity index (χ1v) is 20.2. The molecule has 0 aliphatic carbocycles. The molecule has 306 valence electrons. The van der Waals surface area contributed by atoms with Crippen molar-refractivity contribution in [2.24, 2.45) is 11.8 Å². The summed E-state index contributed by atoms with van der Waals surface area (Å²) in [6.45, 7) is 13.0. The number of aromatic amines is 2. The average molecular weight is 791 g/mol. The summed E-state index contributed by atoms with van der Waals surface area (Å²) in [6.07, 6.45) is 2.00. The fourth-order valence-corrected chi connectivity index (χ4v) is 8.53. The van der Waals surface area contributed by atoms with Gasteiger partial charge in [0.2, 0.25) is 11.8 Å². The van der Waals surface area contributed by atoms with Crippen LogP contribution in [0.1, 0.15) is 88.2 Å². The molecule has 4 atom stereocenters. The number of hydrogen-bond donors (Lipinski definition) is 4. The Morgan fingerprint density at radius 1 is 0.655 bits per heavy atom. The zero-order chi connectivity index (χ0) is 41.4. The van der Waals surface area contributed by atoms with Gasteiger partial charge in [0.25, 0.3) is 0 Å². The third kappa shape index (κ3) is 7.84. The highest BCUT2D eigenvalue weighted by atomic mass is 16.5. The Hall–Kier alpha value is -5.92. The zero-order valence-electron chi connectivity index (χ0n) is 34.6. The monoisotopic (exact) mass is 790 g/mol. The summed E-state index contributed by atoms with van der Waals surface area (Å²) >= 11 is 0. The number of methoxy groups -OCH3 is 2. The Morgan fingerprint density at radius 2 is 1.05 bits per heavy atom. The number of likely N-dealkylation sites (tertiary alicyclic amines) is 2. The highest BCUT2D eigenvalue weighted by molar-refractivity contribution is 5.89. The fourth-order valence-electron chi connectivity index (χ4n) is 8.53. The second-order valence-corrected chi connectivity index (χ2v) is 16.3. The highest BCUT2D eigenvalue weighted by Crippen LogP contribution is 2.37. The van der Waals surface area contributed by atoms with E-state index < -0.39 is 24.3 Å². The van der Waals surface area contributed by atoms with Crippen LogP contribution in [0.5, 0.6) is 0 Å². The molecule has 58 heavy (non-hydrogen) atoms. The van der Waals surface area contributed by atoms with Crippen LogP contribution in [0, 0.1) is 25.7 Å². The van der Waals surface area contributed by atoms with Gasteiger partial charge in [-0.25, -0.2) is 19.6 Å². The number of H-pyrrole nitrogens is 2. The smallest absolute Gasteiger partial charge is 0.407 e. The summed E-state index contributed by atoms with van der Waals surface area (Å²) in [5.74, 6) is 0.975. The second-order valence-electron chi connectivity index (χ2n) is 16.3. The van der Waals surface area contributed by atoms with Gasteiger partial charge in [0.15, 0.2) is 0 Å². The number of fused-ring (bicyclic) bond motifs is 2. The molecule has 5 aromatic rings. The van der Waals surface area contributed by atoms with Crippen molar-refractivity contribution in [2.45, 2.75) is 91.4 Å². The van der Waals surface area contributed by atoms with Crippen molar-refractivity contribution >= 4 is 46.1 Å². The molecule has 2 aliphatic heterocycles. The standard InChI is InChI=1S/C44H54N8O6/c1-23(2)37(49-43(55)57-7)41(53)51-17-9-11-35(51)39-45-31-15-13-27(21-33(31)47-39)29-19-26(6)30(20-25(29)5)28-14-16-32-34(22-28)48-40(46-32)36-12-10-18-52(36)42(54)38(24(3)4)50-44(56)58-8/h13-16,19-24,35-38H,9-12,17-18H2,1-8H3,(H,45,47)(H,46,48)(H,49,55)(H,50,56)/t35-,36-,37-,38-/m0/s1. The van der Waals surface area contributed by atoms with Crippen LogP contribution in [0.2, 0.25) is 0 Å². The van der Waals surface area contributed by atoms with Gasteiger partial charge < -0.3 is 39.9 Å². The normalized spacial score (nSPS) is 18.0. The van der Waals surface area contributed by atoms with Gasteiger partial charge in [0.05, 0.1) is 48.4 Å². The largest absolute Gasteiger partial charge is 0.453 e. The lowest BCUT2D eigenvalue weighted by Gasteiger charge is -2.29. The van der Waals surface area contributed by atoms with Crippen molar-refractivity contribution in [1.82, 2.24) is 40.4 Å². The van der Waals surface area contributed by atoms with E-state index in [0.29, 0.717) is 13.1 Å². The van der Waals surface area contributed by atoms with Crippen molar-refractivity contribution in [3.63, 3.8) is 0 Å². The van der Waals surface area contributed by atoms with E-state index >= 15 is 0 Å². The molecule has 2 saturated heterocycles. The van der Waals surface area contributed by atoms with Gasteiger partial charge in [-0.15, -0.1) is 0 Å². The minimum atomic E-state index is -0.695. The van der Waals surface area contributed by atoms with E-state index in [-0.39, 0.29) is 35.7 Å². The van der Waals surface area contributed by atoms with Gasteiger partial charge in [0, 0.05) is 13.1 Å². The van der Waals surface area contributed by atoms with Crippen molar-refractivity contribution in [2.75, 3.05) is 27.3 Å². The molecular weight excluding hydrogens is 737 g/mol. The molecule has 4 N–H and O–H groups in total. The van der Waals surface area contributed by atoms with Crippen molar-refractivity contribution in [3.8, 4) is 22.3 Å². The van der Waals surface area contributed by atoms with Crippen molar-refractivity contribution < 1.29 is 28.7 Å². The molecule has 0 spiro atoms. The number of carbonyl (C=O) groups is 4. The van der Waals surface area contributed by atoms with E-state index in [1.54, 1.807) is 0 Å². The molecule has 14 heteroatoms. The molecule has 0 radical (unpaired) electrons. The van der Waals surface area contributed by atoms with Gasteiger partial charge in [-0.1, -0.05) is 52.0 Å². The highest BCUT2D eigenvalue weighted by Gasteiger charge is 2.39. The van der Waals surface area contributed by atoms with E-state index in [9.17, 15) is 19.2 Å². The number of alkyl carbamates (subject to hydrolysis) is 2. The lowest BCUT2D eigenvalue weighted by molar-refractivity contribution is -0.136. The van der Waals surface area contributed by atoms with Crippen molar-refractivity contribution in [3.05, 3.63) is 71.3 Å². The summed E-state index contributed by atoms with van der Waals surface area (Å²) in [5, 5.41) is 5.43. The summed E-state index contributed by atoms with van der Waals surface area (Å²) in [7, 11) is 2.59. The van der Waals surface area contributed by atoms with E-state index in [4.69, 9.17) is 19.4 Å². The number of nitrogens with zero attached hydrogens (tertiary/aromatic N) is 4. The maximum Gasteiger partial charge on any atom is 0.407 e. The van der Waals surface area contributed by atoms with Crippen LogP contribution in [0.25, 0.3) is 44.3 Å². The van der Waals surface area contributed by atoms with Crippen LogP contribution < -0.4 is 10.6 Å². The zero-order valence-corrected chi connectivity index (χ0v) is 34.6. The molecule has 4 heterocycles. The second kappa shape index (κ2) is 16.5.